The van der Waals surface area contributed by atoms with Gasteiger partial charge >= 0.3 is 0 Å². The Morgan fingerprint density at radius 1 is 0.893 bits per heavy atom. The molecule has 1 unspecified atom stereocenters. The summed E-state index contributed by atoms with van der Waals surface area (Å²) in [4.78, 5) is 27.6. The third-order valence-corrected chi connectivity index (χ3v) is 4.93. The predicted molar refractivity (Wildman–Crippen MR) is 105 cm³/mol. The summed E-state index contributed by atoms with van der Waals surface area (Å²) in [6.07, 6.45) is 0.393. The van der Waals surface area contributed by atoms with Crippen molar-refractivity contribution in [3.05, 3.63) is 59.2 Å². The van der Waals surface area contributed by atoms with Crippen LogP contribution in [0.4, 0.5) is 0 Å². The number of methoxy groups -OCH3 is 1. The van der Waals surface area contributed by atoms with Crippen LogP contribution in [0.5, 0.6) is 11.5 Å². The standard InChI is InChI=1S/C22H25NO5/c1-5-22(28-7-3,15-12-13-18(26-4)19(14-15)27-6-2)23-20(24)16-10-8-9-11-17(16)21(23)25/h8-14H,5-7H2,1-4H3. The Bertz CT molecular complexity index is 859. The lowest BCUT2D eigenvalue weighted by Crippen LogP contribution is -2.51. The number of nitrogens with zero attached hydrogens (tertiary/aromatic N) is 1. The zero-order chi connectivity index (χ0) is 20.3. The first kappa shape index (κ1) is 19.9. The molecule has 1 aliphatic rings. The van der Waals surface area contributed by atoms with E-state index in [1.54, 1.807) is 43.5 Å². The van der Waals surface area contributed by atoms with Crippen LogP contribution in [0.25, 0.3) is 0 Å². The van der Waals surface area contributed by atoms with Crippen LogP contribution in [0.3, 0.4) is 0 Å². The molecule has 0 radical (unpaired) electrons. The minimum atomic E-state index is -1.24. The van der Waals surface area contributed by atoms with Gasteiger partial charge in [0.2, 0.25) is 0 Å². The van der Waals surface area contributed by atoms with E-state index >= 15 is 0 Å². The van der Waals surface area contributed by atoms with Crippen molar-refractivity contribution >= 4 is 11.8 Å². The van der Waals surface area contributed by atoms with Gasteiger partial charge in [0.1, 0.15) is 0 Å². The Balaban J connectivity index is 2.16. The number of hydrogen-bond donors (Lipinski definition) is 0. The molecular formula is C22H25NO5. The Kier molecular flexibility index (Phi) is 5.70. The second-order valence-electron chi connectivity index (χ2n) is 6.36. The smallest absolute Gasteiger partial charge is 0.264 e. The zero-order valence-corrected chi connectivity index (χ0v) is 16.7. The van der Waals surface area contributed by atoms with E-state index in [0.717, 1.165) is 0 Å². The van der Waals surface area contributed by atoms with Crippen LogP contribution in [0, 0.1) is 0 Å². The monoisotopic (exact) mass is 383 g/mol. The predicted octanol–water partition coefficient (Wildman–Crippen LogP) is 3.99. The third-order valence-electron chi connectivity index (χ3n) is 4.93. The van der Waals surface area contributed by atoms with E-state index < -0.39 is 5.72 Å². The van der Waals surface area contributed by atoms with Crippen LogP contribution >= 0.6 is 0 Å². The van der Waals surface area contributed by atoms with E-state index in [2.05, 4.69) is 0 Å². The van der Waals surface area contributed by atoms with Crippen molar-refractivity contribution in [1.82, 2.24) is 4.90 Å². The van der Waals surface area contributed by atoms with Crippen molar-refractivity contribution in [2.45, 2.75) is 32.9 Å². The molecule has 0 saturated carbocycles. The van der Waals surface area contributed by atoms with E-state index in [1.807, 2.05) is 26.8 Å². The Labute approximate surface area is 165 Å². The summed E-state index contributed by atoms with van der Waals surface area (Å²) < 4.78 is 17.2. The highest BCUT2D eigenvalue weighted by atomic mass is 16.5. The second kappa shape index (κ2) is 8.02. The van der Waals surface area contributed by atoms with Crippen LogP contribution in [0.1, 0.15) is 53.5 Å². The van der Waals surface area contributed by atoms with Gasteiger partial charge < -0.3 is 14.2 Å². The normalized spacial score (nSPS) is 15.4. The first-order valence-corrected chi connectivity index (χ1v) is 9.47. The van der Waals surface area contributed by atoms with Gasteiger partial charge in [-0.25, -0.2) is 4.90 Å². The summed E-state index contributed by atoms with van der Waals surface area (Å²) in [6.45, 7) is 6.41. The van der Waals surface area contributed by atoms with Crippen molar-refractivity contribution in [3.63, 3.8) is 0 Å². The molecule has 0 aliphatic carbocycles. The molecule has 2 aromatic rings. The van der Waals surface area contributed by atoms with Gasteiger partial charge in [0.15, 0.2) is 17.2 Å². The van der Waals surface area contributed by atoms with Crippen molar-refractivity contribution in [2.24, 2.45) is 0 Å². The van der Waals surface area contributed by atoms with Gasteiger partial charge in [-0.3, -0.25) is 9.59 Å². The van der Waals surface area contributed by atoms with E-state index in [1.165, 1.54) is 4.90 Å². The maximum atomic E-state index is 13.2. The molecule has 3 rings (SSSR count). The molecule has 6 nitrogen and oxygen atoms in total. The Morgan fingerprint density at radius 3 is 2.04 bits per heavy atom. The summed E-state index contributed by atoms with van der Waals surface area (Å²) in [5.41, 5.74) is 0.211. The molecule has 0 aromatic heterocycles. The molecule has 6 heteroatoms. The summed E-state index contributed by atoms with van der Waals surface area (Å²) in [7, 11) is 1.57. The molecule has 2 aromatic carbocycles. The topological polar surface area (TPSA) is 65.1 Å². The third kappa shape index (κ3) is 3.03. The van der Waals surface area contributed by atoms with Gasteiger partial charge in [-0.2, -0.15) is 0 Å². The fourth-order valence-electron chi connectivity index (χ4n) is 3.69. The fraction of sp³-hybridized carbons (Fsp3) is 0.364. The molecule has 0 saturated heterocycles. The lowest BCUT2D eigenvalue weighted by molar-refractivity contribution is -0.126. The van der Waals surface area contributed by atoms with Gasteiger partial charge in [0, 0.05) is 12.2 Å². The summed E-state index contributed by atoms with van der Waals surface area (Å²) >= 11 is 0. The molecule has 1 aliphatic heterocycles. The van der Waals surface area contributed by atoms with Gasteiger partial charge in [-0.15, -0.1) is 0 Å². The number of amides is 2. The number of fused-ring (bicyclic) bond motifs is 1. The fourth-order valence-corrected chi connectivity index (χ4v) is 3.69. The molecule has 0 N–H and O–H groups in total. The first-order valence-electron chi connectivity index (χ1n) is 9.47. The van der Waals surface area contributed by atoms with Crippen molar-refractivity contribution in [3.8, 4) is 11.5 Å². The molecule has 1 atom stereocenters. The van der Waals surface area contributed by atoms with Crippen LogP contribution in [-0.4, -0.2) is 37.0 Å². The average Bonchev–Trinajstić information content (AvgIpc) is 2.98. The van der Waals surface area contributed by atoms with Crippen LogP contribution < -0.4 is 9.47 Å². The highest BCUT2D eigenvalue weighted by Gasteiger charge is 2.50. The van der Waals surface area contributed by atoms with Crippen molar-refractivity contribution in [2.75, 3.05) is 20.3 Å². The highest BCUT2D eigenvalue weighted by molar-refractivity contribution is 6.21. The Hall–Kier alpha value is -2.86. The Morgan fingerprint density at radius 2 is 1.54 bits per heavy atom. The van der Waals surface area contributed by atoms with Gasteiger partial charge in [0.25, 0.3) is 11.8 Å². The average molecular weight is 383 g/mol. The number of carbonyl (C=O) groups excluding carboxylic acids is 2. The minimum absolute atomic E-state index is 0.331. The lowest BCUT2D eigenvalue weighted by atomic mass is 9.96. The SMILES string of the molecule is CCOc1cc(C(CC)(OCC)N2C(=O)c3ccccc3C2=O)ccc1OC. The van der Waals surface area contributed by atoms with Crippen molar-refractivity contribution in [1.29, 1.82) is 0 Å². The molecule has 2 amide bonds. The molecule has 0 fully saturated rings. The maximum Gasteiger partial charge on any atom is 0.264 e. The van der Waals surface area contributed by atoms with Gasteiger partial charge in [0.05, 0.1) is 24.8 Å². The van der Waals surface area contributed by atoms with E-state index in [-0.39, 0.29) is 11.8 Å². The quantitative estimate of drug-likeness (QED) is 0.645. The van der Waals surface area contributed by atoms with E-state index in [4.69, 9.17) is 14.2 Å². The van der Waals surface area contributed by atoms with Crippen LogP contribution in [-0.2, 0) is 10.5 Å². The lowest BCUT2D eigenvalue weighted by Gasteiger charge is -2.40. The molecule has 28 heavy (non-hydrogen) atoms. The molecule has 1 heterocycles. The van der Waals surface area contributed by atoms with Gasteiger partial charge in [-0.1, -0.05) is 25.1 Å². The number of ether oxygens (including phenoxy) is 3. The number of hydrogen-bond acceptors (Lipinski definition) is 5. The minimum Gasteiger partial charge on any atom is -0.493 e. The van der Waals surface area contributed by atoms with Gasteiger partial charge in [-0.05, 0) is 44.5 Å². The van der Waals surface area contributed by atoms with Crippen LogP contribution in [0.2, 0.25) is 0 Å². The molecule has 0 bridgehead atoms. The molecule has 0 spiro atoms. The summed E-state index contributed by atoms with van der Waals surface area (Å²) in [5.74, 6) is 0.403. The second-order valence-corrected chi connectivity index (χ2v) is 6.36. The molecular weight excluding hydrogens is 358 g/mol. The zero-order valence-electron chi connectivity index (χ0n) is 16.7. The molecule has 148 valence electrons. The first-order chi connectivity index (χ1) is 13.5. The van der Waals surface area contributed by atoms with E-state index in [9.17, 15) is 9.59 Å². The largest absolute Gasteiger partial charge is 0.493 e. The summed E-state index contributed by atoms with van der Waals surface area (Å²) in [5, 5.41) is 0. The van der Waals surface area contributed by atoms with Crippen LogP contribution in [0.15, 0.2) is 42.5 Å². The number of benzene rings is 2. The summed E-state index contributed by atoms with van der Waals surface area (Å²) in [6, 6.07) is 12.2. The maximum absolute atomic E-state index is 13.2. The highest BCUT2D eigenvalue weighted by Crippen LogP contribution is 2.42. The van der Waals surface area contributed by atoms with Crippen molar-refractivity contribution < 1.29 is 23.8 Å². The number of carbonyl (C=O) groups is 2. The number of imide groups is 1. The number of rotatable bonds is 8. The van der Waals surface area contributed by atoms with E-state index in [0.29, 0.717) is 47.8 Å².